The van der Waals surface area contributed by atoms with Crippen molar-refractivity contribution in [3.05, 3.63) is 59.1 Å². The maximum Gasteiger partial charge on any atom is 0.247 e. The van der Waals surface area contributed by atoms with Crippen LogP contribution >= 0.6 is 15.9 Å². The summed E-state index contributed by atoms with van der Waals surface area (Å²) in [5, 5.41) is 0. The second kappa shape index (κ2) is 7.14. The van der Waals surface area contributed by atoms with E-state index in [-0.39, 0.29) is 12.5 Å². The minimum absolute atomic E-state index is 0.271. The summed E-state index contributed by atoms with van der Waals surface area (Å²) in [5.74, 6) is -0.322. The molecule has 0 atom stereocenters. The Morgan fingerprint density at radius 1 is 1.04 bits per heavy atom. The maximum atomic E-state index is 12.5. The molecule has 0 fully saturated rings. The van der Waals surface area contributed by atoms with Crippen LogP contribution in [0.2, 0.25) is 0 Å². The van der Waals surface area contributed by atoms with Crippen LogP contribution in [0, 0.1) is 0 Å². The van der Waals surface area contributed by atoms with Crippen molar-refractivity contribution in [2.45, 2.75) is 0 Å². The van der Waals surface area contributed by atoms with Crippen molar-refractivity contribution in [3.8, 4) is 0 Å². The molecule has 1 amide bonds. The van der Waals surface area contributed by atoms with Gasteiger partial charge in [-0.2, -0.15) is 0 Å². The van der Waals surface area contributed by atoms with E-state index >= 15 is 0 Å². The Bertz CT molecular complexity index is 794. The van der Waals surface area contributed by atoms with Gasteiger partial charge in [-0.05, 0) is 40.2 Å². The predicted octanol–water partition coefficient (Wildman–Crippen LogP) is 2.88. The Morgan fingerprint density at radius 3 is 2.17 bits per heavy atom. The molecule has 0 radical (unpaired) electrons. The summed E-state index contributed by atoms with van der Waals surface area (Å²) in [4.78, 5) is 13.9. The molecule has 0 aliphatic heterocycles. The van der Waals surface area contributed by atoms with Gasteiger partial charge in [-0.15, -0.1) is 0 Å². The minimum Gasteiger partial charge on any atom is -0.314 e. The van der Waals surface area contributed by atoms with Crippen LogP contribution in [0.3, 0.4) is 0 Å². The number of sulfonamides is 1. The van der Waals surface area contributed by atoms with E-state index in [9.17, 15) is 13.2 Å². The molecule has 0 heterocycles. The zero-order valence-electron chi connectivity index (χ0n) is 12.8. The van der Waals surface area contributed by atoms with Crippen molar-refractivity contribution >= 4 is 43.2 Å². The Kier molecular flexibility index (Phi) is 5.43. The molecule has 23 heavy (non-hydrogen) atoms. The van der Waals surface area contributed by atoms with Gasteiger partial charge in [-0.25, -0.2) is 8.42 Å². The van der Waals surface area contributed by atoms with Gasteiger partial charge in [-0.3, -0.25) is 9.10 Å². The fourth-order valence-corrected chi connectivity index (χ4v) is 3.54. The number of benzene rings is 2. The number of amides is 1. The largest absolute Gasteiger partial charge is 0.314 e. The van der Waals surface area contributed by atoms with Crippen LogP contribution < -0.4 is 9.21 Å². The normalized spacial score (nSPS) is 11.1. The summed E-state index contributed by atoms with van der Waals surface area (Å²) in [6.07, 6.45) is 1.09. The first-order valence-corrected chi connectivity index (χ1v) is 9.48. The summed E-state index contributed by atoms with van der Waals surface area (Å²) < 4.78 is 25.9. The SMILES string of the molecule is CN(C(=O)CN(c1ccccc1Br)S(C)(=O)=O)c1ccccc1. The standard InChI is InChI=1S/C16H17BrN2O3S/c1-18(13-8-4-3-5-9-13)16(20)12-19(23(2,21)22)15-11-7-6-10-14(15)17/h3-11H,12H2,1-2H3. The summed E-state index contributed by atoms with van der Waals surface area (Å²) in [7, 11) is -1.97. The topological polar surface area (TPSA) is 57.7 Å². The van der Waals surface area contributed by atoms with Crippen molar-refractivity contribution in [2.75, 3.05) is 29.1 Å². The third-order valence-electron chi connectivity index (χ3n) is 3.32. The van der Waals surface area contributed by atoms with Crippen LogP contribution in [0.4, 0.5) is 11.4 Å². The van der Waals surface area contributed by atoms with E-state index in [1.165, 1.54) is 4.90 Å². The summed E-state index contributed by atoms with van der Waals surface area (Å²) in [5.41, 5.74) is 1.14. The molecule has 2 rings (SSSR count). The first-order valence-electron chi connectivity index (χ1n) is 6.84. The van der Waals surface area contributed by atoms with E-state index in [0.29, 0.717) is 15.8 Å². The lowest BCUT2D eigenvalue weighted by molar-refractivity contribution is -0.116. The van der Waals surface area contributed by atoms with Gasteiger partial charge in [0.05, 0.1) is 11.9 Å². The number of rotatable bonds is 5. The van der Waals surface area contributed by atoms with E-state index in [1.807, 2.05) is 18.2 Å². The van der Waals surface area contributed by atoms with E-state index in [4.69, 9.17) is 0 Å². The van der Waals surface area contributed by atoms with Crippen molar-refractivity contribution < 1.29 is 13.2 Å². The maximum absolute atomic E-state index is 12.5. The van der Waals surface area contributed by atoms with Crippen LogP contribution in [-0.2, 0) is 14.8 Å². The molecule has 0 aliphatic rings. The number of nitrogens with zero attached hydrogens (tertiary/aromatic N) is 2. The zero-order valence-corrected chi connectivity index (χ0v) is 15.2. The van der Waals surface area contributed by atoms with Crippen LogP contribution in [0.25, 0.3) is 0 Å². The Balaban J connectivity index is 2.29. The lowest BCUT2D eigenvalue weighted by atomic mass is 10.3. The average molecular weight is 397 g/mol. The molecular formula is C16H17BrN2O3S. The Hall–Kier alpha value is -1.86. The predicted molar refractivity (Wildman–Crippen MR) is 96.2 cm³/mol. The molecule has 0 spiro atoms. The molecule has 2 aromatic carbocycles. The van der Waals surface area contributed by atoms with Crippen LogP contribution in [0.15, 0.2) is 59.1 Å². The van der Waals surface area contributed by atoms with Gasteiger partial charge in [0.15, 0.2) is 0 Å². The fraction of sp³-hybridized carbons (Fsp3) is 0.188. The quantitative estimate of drug-likeness (QED) is 0.780. The van der Waals surface area contributed by atoms with E-state index in [0.717, 1.165) is 10.6 Å². The lowest BCUT2D eigenvalue weighted by Crippen LogP contribution is -2.41. The molecule has 122 valence electrons. The molecule has 0 bridgehead atoms. The second-order valence-electron chi connectivity index (χ2n) is 5.01. The molecule has 7 heteroatoms. The number of para-hydroxylation sites is 2. The fourth-order valence-electron chi connectivity index (χ4n) is 2.06. The number of hydrogen-bond acceptors (Lipinski definition) is 3. The molecule has 0 saturated carbocycles. The average Bonchev–Trinajstić information content (AvgIpc) is 2.52. The van der Waals surface area contributed by atoms with Crippen LogP contribution in [-0.4, -0.2) is 34.2 Å². The van der Waals surface area contributed by atoms with Crippen LogP contribution in [0.1, 0.15) is 0 Å². The number of anilines is 2. The van der Waals surface area contributed by atoms with Gasteiger partial charge in [0.25, 0.3) is 0 Å². The molecule has 5 nitrogen and oxygen atoms in total. The minimum atomic E-state index is -3.60. The highest BCUT2D eigenvalue weighted by atomic mass is 79.9. The molecule has 0 aliphatic carbocycles. The Labute approximate surface area is 144 Å². The van der Waals surface area contributed by atoms with E-state index in [1.54, 1.807) is 43.4 Å². The number of carbonyl (C=O) groups excluding carboxylic acids is 1. The number of hydrogen-bond donors (Lipinski definition) is 0. The van der Waals surface area contributed by atoms with Gasteiger partial charge in [0.2, 0.25) is 15.9 Å². The van der Waals surface area contributed by atoms with E-state index in [2.05, 4.69) is 15.9 Å². The summed E-state index contributed by atoms with van der Waals surface area (Å²) >= 11 is 3.33. The van der Waals surface area contributed by atoms with Crippen molar-refractivity contribution in [1.29, 1.82) is 0 Å². The molecule has 0 N–H and O–H groups in total. The van der Waals surface area contributed by atoms with Crippen molar-refractivity contribution in [2.24, 2.45) is 0 Å². The van der Waals surface area contributed by atoms with Gasteiger partial charge >= 0.3 is 0 Å². The second-order valence-corrected chi connectivity index (χ2v) is 7.77. The first kappa shape index (κ1) is 17.5. The Morgan fingerprint density at radius 2 is 1.61 bits per heavy atom. The smallest absolute Gasteiger partial charge is 0.247 e. The van der Waals surface area contributed by atoms with Crippen molar-refractivity contribution in [1.82, 2.24) is 0 Å². The number of likely N-dealkylation sites (N-methyl/N-ethyl adjacent to an activating group) is 1. The highest BCUT2D eigenvalue weighted by molar-refractivity contribution is 9.10. The van der Waals surface area contributed by atoms with Gasteiger partial charge in [-0.1, -0.05) is 30.3 Å². The molecule has 0 saturated heterocycles. The highest BCUT2D eigenvalue weighted by Gasteiger charge is 2.24. The molecule has 0 unspecified atom stereocenters. The van der Waals surface area contributed by atoms with E-state index < -0.39 is 10.0 Å². The van der Waals surface area contributed by atoms with Gasteiger partial charge < -0.3 is 4.90 Å². The van der Waals surface area contributed by atoms with Crippen LogP contribution in [0.5, 0.6) is 0 Å². The third-order valence-corrected chi connectivity index (χ3v) is 5.11. The summed E-state index contributed by atoms with van der Waals surface area (Å²) in [6.45, 7) is -0.271. The van der Waals surface area contributed by atoms with Gasteiger partial charge in [0.1, 0.15) is 6.54 Å². The third kappa shape index (κ3) is 4.33. The molecular weight excluding hydrogens is 380 g/mol. The lowest BCUT2D eigenvalue weighted by Gasteiger charge is -2.26. The molecule has 0 aromatic heterocycles. The van der Waals surface area contributed by atoms with Gasteiger partial charge in [0, 0.05) is 17.2 Å². The monoisotopic (exact) mass is 396 g/mol. The van der Waals surface area contributed by atoms with Crippen molar-refractivity contribution in [3.63, 3.8) is 0 Å². The molecule has 2 aromatic rings. The summed E-state index contributed by atoms with van der Waals surface area (Å²) in [6, 6.07) is 16.0. The number of halogens is 1. The number of carbonyl (C=O) groups is 1. The first-order chi connectivity index (χ1) is 10.8. The zero-order chi connectivity index (χ0) is 17.0. The highest BCUT2D eigenvalue weighted by Crippen LogP contribution is 2.27.